The monoisotopic (exact) mass is 299 g/mol. The molecule has 0 aromatic heterocycles. The van der Waals surface area contributed by atoms with Crippen LogP contribution in [0.4, 0.5) is 5.69 Å². The molecule has 0 aliphatic heterocycles. The summed E-state index contributed by atoms with van der Waals surface area (Å²) in [5.41, 5.74) is 6.12. The van der Waals surface area contributed by atoms with Gasteiger partial charge in [-0.1, -0.05) is 18.2 Å². The van der Waals surface area contributed by atoms with Crippen molar-refractivity contribution in [3.05, 3.63) is 39.9 Å². The van der Waals surface area contributed by atoms with Gasteiger partial charge in [0, 0.05) is 23.7 Å². The normalized spacial score (nSPS) is 15.7. The molecule has 1 saturated carbocycles. The molecule has 1 aliphatic rings. The Morgan fingerprint density at radius 2 is 2.05 bits per heavy atom. The molecule has 2 rings (SSSR count). The summed E-state index contributed by atoms with van der Waals surface area (Å²) < 4.78 is 0. The SMILES string of the molecule is Cl.NC1(CNC(=O)Cc2ccccc2[N+](=O)[O-])CCC1. The van der Waals surface area contributed by atoms with Crippen molar-refractivity contribution in [1.82, 2.24) is 5.32 Å². The van der Waals surface area contributed by atoms with Gasteiger partial charge in [-0.15, -0.1) is 12.4 Å². The molecule has 1 fully saturated rings. The van der Waals surface area contributed by atoms with Gasteiger partial charge in [-0.25, -0.2) is 0 Å². The fourth-order valence-corrected chi connectivity index (χ4v) is 2.16. The highest BCUT2D eigenvalue weighted by Crippen LogP contribution is 2.28. The number of nitro benzene ring substituents is 1. The molecule has 0 radical (unpaired) electrons. The second kappa shape index (κ2) is 6.67. The Labute approximate surface area is 123 Å². The molecule has 1 aliphatic carbocycles. The summed E-state index contributed by atoms with van der Waals surface area (Å²) in [4.78, 5) is 22.1. The Morgan fingerprint density at radius 3 is 2.60 bits per heavy atom. The van der Waals surface area contributed by atoms with E-state index in [9.17, 15) is 14.9 Å². The van der Waals surface area contributed by atoms with Crippen LogP contribution in [0.1, 0.15) is 24.8 Å². The lowest BCUT2D eigenvalue weighted by Crippen LogP contribution is -2.55. The Kier molecular flexibility index (Phi) is 5.47. The number of para-hydroxylation sites is 1. The van der Waals surface area contributed by atoms with Gasteiger partial charge in [0.25, 0.3) is 5.69 Å². The first kappa shape index (κ1) is 16.4. The summed E-state index contributed by atoms with van der Waals surface area (Å²) in [6.45, 7) is 0.437. The predicted molar refractivity (Wildman–Crippen MR) is 77.8 cm³/mol. The largest absolute Gasteiger partial charge is 0.354 e. The lowest BCUT2D eigenvalue weighted by atomic mass is 9.78. The molecule has 0 bridgehead atoms. The van der Waals surface area contributed by atoms with E-state index in [1.807, 2.05) is 0 Å². The summed E-state index contributed by atoms with van der Waals surface area (Å²) >= 11 is 0. The summed E-state index contributed by atoms with van der Waals surface area (Å²) in [5.74, 6) is -0.231. The van der Waals surface area contributed by atoms with Crippen LogP contribution in [-0.2, 0) is 11.2 Å². The summed E-state index contributed by atoms with van der Waals surface area (Å²) in [6, 6.07) is 6.27. The number of halogens is 1. The number of nitrogens with two attached hydrogens (primary N) is 1. The fourth-order valence-electron chi connectivity index (χ4n) is 2.16. The number of nitro groups is 1. The minimum atomic E-state index is -0.473. The molecule has 6 nitrogen and oxygen atoms in total. The number of hydrogen-bond acceptors (Lipinski definition) is 4. The molecule has 0 spiro atoms. The molecule has 1 aromatic carbocycles. The maximum absolute atomic E-state index is 11.8. The number of benzene rings is 1. The van der Waals surface area contributed by atoms with E-state index in [0.717, 1.165) is 19.3 Å². The van der Waals surface area contributed by atoms with E-state index in [4.69, 9.17) is 5.73 Å². The molecular formula is C13H18ClN3O3. The van der Waals surface area contributed by atoms with Gasteiger partial charge < -0.3 is 11.1 Å². The zero-order chi connectivity index (χ0) is 13.9. The van der Waals surface area contributed by atoms with Crippen molar-refractivity contribution in [3.8, 4) is 0 Å². The van der Waals surface area contributed by atoms with Crippen molar-refractivity contribution in [2.75, 3.05) is 6.54 Å². The van der Waals surface area contributed by atoms with Crippen molar-refractivity contribution in [2.45, 2.75) is 31.2 Å². The second-order valence-electron chi connectivity index (χ2n) is 5.06. The van der Waals surface area contributed by atoms with E-state index < -0.39 is 4.92 Å². The average molecular weight is 300 g/mol. The summed E-state index contributed by atoms with van der Waals surface area (Å²) in [6.07, 6.45) is 2.93. The Balaban J connectivity index is 0.00000200. The number of hydrogen-bond donors (Lipinski definition) is 2. The molecular weight excluding hydrogens is 282 g/mol. The third-order valence-electron chi connectivity index (χ3n) is 3.53. The van der Waals surface area contributed by atoms with Crippen LogP contribution in [0.5, 0.6) is 0 Å². The Hall–Kier alpha value is -1.66. The third-order valence-corrected chi connectivity index (χ3v) is 3.53. The highest BCUT2D eigenvalue weighted by Gasteiger charge is 2.32. The standard InChI is InChI=1S/C13H17N3O3.ClH/c14-13(6-3-7-13)9-15-12(17)8-10-4-1-2-5-11(10)16(18)19;/h1-2,4-5H,3,6-9,14H2,(H,15,17);1H. The van der Waals surface area contributed by atoms with E-state index >= 15 is 0 Å². The van der Waals surface area contributed by atoms with Gasteiger partial charge in [0.2, 0.25) is 5.91 Å². The van der Waals surface area contributed by atoms with Crippen molar-refractivity contribution in [2.24, 2.45) is 5.73 Å². The lowest BCUT2D eigenvalue weighted by molar-refractivity contribution is -0.385. The number of nitrogens with zero attached hydrogens (tertiary/aromatic N) is 1. The smallest absolute Gasteiger partial charge is 0.273 e. The summed E-state index contributed by atoms with van der Waals surface area (Å²) in [7, 11) is 0. The first-order valence-corrected chi connectivity index (χ1v) is 6.28. The van der Waals surface area contributed by atoms with Crippen molar-refractivity contribution >= 4 is 24.0 Å². The number of rotatable bonds is 5. The van der Waals surface area contributed by atoms with Crippen LogP contribution in [0.15, 0.2) is 24.3 Å². The van der Waals surface area contributed by atoms with E-state index in [1.54, 1.807) is 18.2 Å². The Bertz CT molecular complexity index is 503. The maximum Gasteiger partial charge on any atom is 0.273 e. The van der Waals surface area contributed by atoms with Crippen molar-refractivity contribution in [1.29, 1.82) is 0 Å². The van der Waals surface area contributed by atoms with Crippen LogP contribution >= 0.6 is 12.4 Å². The van der Waals surface area contributed by atoms with Crippen molar-refractivity contribution < 1.29 is 9.72 Å². The van der Waals surface area contributed by atoms with Gasteiger partial charge in [0.1, 0.15) is 0 Å². The molecule has 7 heteroatoms. The molecule has 0 unspecified atom stereocenters. The first-order chi connectivity index (χ1) is 9.00. The highest BCUT2D eigenvalue weighted by atomic mass is 35.5. The zero-order valence-electron chi connectivity index (χ0n) is 11.0. The van der Waals surface area contributed by atoms with E-state index in [2.05, 4.69) is 5.32 Å². The number of carbonyl (C=O) groups is 1. The average Bonchev–Trinajstić information content (AvgIpc) is 2.34. The quantitative estimate of drug-likeness (QED) is 0.636. The topological polar surface area (TPSA) is 98.3 Å². The minimum absolute atomic E-state index is 0. The fraction of sp³-hybridized carbons (Fsp3) is 0.462. The van der Waals surface area contributed by atoms with Crippen LogP contribution < -0.4 is 11.1 Å². The summed E-state index contributed by atoms with van der Waals surface area (Å²) in [5, 5.41) is 13.6. The van der Waals surface area contributed by atoms with Gasteiger partial charge in [-0.2, -0.15) is 0 Å². The zero-order valence-corrected chi connectivity index (χ0v) is 11.8. The van der Waals surface area contributed by atoms with Crippen LogP contribution in [0.2, 0.25) is 0 Å². The Morgan fingerprint density at radius 1 is 1.40 bits per heavy atom. The molecule has 1 amide bonds. The molecule has 3 N–H and O–H groups in total. The third kappa shape index (κ3) is 3.91. The number of nitrogens with one attached hydrogen (secondary N) is 1. The van der Waals surface area contributed by atoms with Crippen LogP contribution in [0.25, 0.3) is 0 Å². The first-order valence-electron chi connectivity index (χ1n) is 6.28. The molecule has 0 heterocycles. The number of carbonyl (C=O) groups excluding carboxylic acids is 1. The van der Waals surface area contributed by atoms with Crippen LogP contribution in [0.3, 0.4) is 0 Å². The van der Waals surface area contributed by atoms with Gasteiger partial charge in [0.15, 0.2) is 0 Å². The van der Waals surface area contributed by atoms with Gasteiger partial charge in [0.05, 0.1) is 11.3 Å². The van der Waals surface area contributed by atoms with E-state index in [1.165, 1.54) is 6.07 Å². The van der Waals surface area contributed by atoms with E-state index in [0.29, 0.717) is 12.1 Å². The second-order valence-corrected chi connectivity index (χ2v) is 5.06. The molecule has 110 valence electrons. The number of amides is 1. The molecule has 20 heavy (non-hydrogen) atoms. The van der Waals surface area contributed by atoms with Gasteiger partial charge in [-0.3, -0.25) is 14.9 Å². The minimum Gasteiger partial charge on any atom is -0.354 e. The van der Waals surface area contributed by atoms with Crippen molar-refractivity contribution in [3.63, 3.8) is 0 Å². The molecule has 0 saturated heterocycles. The van der Waals surface area contributed by atoms with Gasteiger partial charge >= 0.3 is 0 Å². The van der Waals surface area contributed by atoms with Crippen LogP contribution in [-0.4, -0.2) is 22.9 Å². The highest BCUT2D eigenvalue weighted by molar-refractivity contribution is 5.85. The lowest BCUT2D eigenvalue weighted by Gasteiger charge is -2.38. The molecule has 0 atom stereocenters. The van der Waals surface area contributed by atoms with E-state index in [-0.39, 0.29) is 36.0 Å². The van der Waals surface area contributed by atoms with Gasteiger partial charge in [-0.05, 0) is 19.3 Å². The molecule has 1 aromatic rings. The van der Waals surface area contributed by atoms with Crippen LogP contribution in [0, 0.1) is 10.1 Å². The maximum atomic E-state index is 11.8. The predicted octanol–water partition coefficient (Wildman–Crippen LogP) is 1.56.